The summed E-state index contributed by atoms with van der Waals surface area (Å²) in [6, 6.07) is 13.7. The SMILES string of the molecule is CC(C)C1CN(c2ccc(NC(=O)CCO)nn2)CCN1C(=S)Nc1cccc2ncccc12. The minimum absolute atomic E-state index is 0.0324. The number of aliphatic hydroxyl groups excluding tert-OH is 1. The van der Waals surface area contributed by atoms with Gasteiger partial charge in [-0.05, 0) is 54.5 Å². The van der Waals surface area contributed by atoms with Gasteiger partial charge in [-0.1, -0.05) is 19.9 Å². The summed E-state index contributed by atoms with van der Waals surface area (Å²) in [5.41, 5.74) is 1.88. The van der Waals surface area contributed by atoms with E-state index < -0.39 is 0 Å². The van der Waals surface area contributed by atoms with Gasteiger partial charge in [-0.15, -0.1) is 10.2 Å². The molecule has 3 heterocycles. The van der Waals surface area contributed by atoms with E-state index in [0.29, 0.717) is 16.8 Å². The third-order valence-corrected chi connectivity index (χ3v) is 6.25. The summed E-state index contributed by atoms with van der Waals surface area (Å²) in [6.07, 6.45) is 1.82. The third-order valence-electron chi connectivity index (χ3n) is 5.92. The molecule has 10 heteroatoms. The Labute approximate surface area is 204 Å². The van der Waals surface area contributed by atoms with Crippen LogP contribution in [0.25, 0.3) is 10.9 Å². The van der Waals surface area contributed by atoms with Crippen LogP contribution in [0.2, 0.25) is 0 Å². The number of thiocarbonyl (C=S) groups is 1. The molecular formula is C24H29N7O2S. The van der Waals surface area contributed by atoms with Crippen LogP contribution in [-0.2, 0) is 4.79 Å². The molecule has 178 valence electrons. The lowest BCUT2D eigenvalue weighted by atomic mass is 10.00. The van der Waals surface area contributed by atoms with E-state index in [1.54, 1.807) is 12.3 Å². The average Bonchev–Trinajstić information content (AvgIpc) is 2.84. The van der Waals surface area contributed by atoms with Gasteiger partial charge in [-0.25, -0.2) is 0 Å². The van der Waals surface area contributed by atoms with Crippen molar-refractivity contribution in [1.82, 2.24) is 20.1 Å². The minimum atomic E-state index is -0.291. The van der Waals surface area contributed by atoms with Crippen molar-refractivity contribution in [2.75, 3.05) is 41.8 Å². The number of carbonyl (C=O) groups is 1. The maximum absolute atomic E-state index is 11.6. The summed E-state index contributed by atoms with van der Waals surface area (Å²) >= 11 is 5.84. The predicted octanol–water partition coefficient (Wildman–Crippen LogP) is 2.89. The van der Waals surface area contributed by atoms with Crippen molar-refractivity contribution in [1.29, 1.82) is 0 Å². The molecule has 3 N–H and O–H groups in total. The number of benzene rings is 1. The molecule has 1 unspecified atom stereocenters. The molecule has 9 nitrogen and oxygen atoms in total. The summed E-state index contributed by atoms with van der Waals surface area (Å²) in [4.78, 5) is 20.5. The second-order valence-electron chi connectivity index (χ2n) is 8.56. The molecule has 0 saturated carbocycles. The lowest BCUT2D eigenvalue weighted by Gasteiger charge is -2.45. The Kier molecular flexibility index (Phi) is 7.49. The van der Waals surface area contributed by atoms with Gasteiger partial charge in [-0.2, -0.15) is 0 Å². The summed E-state index contributed by atoms with van der Waals surface area (Å²) in [5.74, 6) is 1.20. The van der Waals surface area contributed by atoms with Crippen molar-refractivity contribution < 1.29 is 9.90 Å². The first-order valence-corrected chi connectivity index (χ1v) is 11.8. The molecule has 0 bridgehead atoms. The monoisotopic (exact) mass is 479 g/mol. The Morgan fingerprint density at radius 1 is 1.15 bits per heavy atom. The van der Waals surface area contributed by atoms with Gasteiger partial charge in [0.2, 0.25) is 5.91 Å². The van der Waals surface area contributed by atoms with Gasteiger partial charge in [0.25, 0.3) is 0 Å². The van der Waals surface area contributed by atoms with E-state index in [1.807, 2.05) is 36.4 Å². The predicted molar refractivity (Wildman–Crippen MR) is 138 cm³/mol. The highest BCUT2D eigenvalue weighted by Gasteiger charge is 2.31. The lowest BCUT2D eigenvalue weighted by Crippen LogP contribution is -2.58. The molecule has 1 amide bonds. The van der Waals surface area contributed by atoms with E-state index >= 15 is 0 Å². The van der Waals surface area contributed by atoms with Gasteiger partial charge in [0.15, 0.2) is 16.7 Å². The Bertz CT molecular complexity index is 1150. The molecule has 1 saturated heterocycles. The largest absolute Gasteiger partial charge is 0.396 e. The number of fused-ring (bicyclic) bond motifs is 1. The third kappa shape index (κ3) is 5.40. The minimum Gasteiger partial charge on any atom is -0.396 e. The molecule has 0 aliphatic carbocycles. The number of carbonyl (C=O) groups excluding carboxylic acids is 1. The number of aromatic nitrogens is 3. The van der Waals surface area contributed by atoms with Crippen LogP contribution in [0, 0.1) is 5.92 Å². The number of rotatable bonds is 6. The second kappa shape index (κ2) is 10.7. The van der Waals surface area contributed by atoms with E-state index in [0.717, 1.165) is 42.0 Å². The maximum atomic E-state index is 11.6. The number of hydrogen-bond acceptors (Lipinski definition) is 7. The first kappa shape index (κ1) is 23.8. The van der Waals surface area contributed by atoms with E-state index in [-0.39, 0.29) is 25.0 Å². The van der Waals surface area contributed by atoms with Crippen LogP contribution < -0.4 is 15.5 Å². The van der Waals surface area contributed by atoms with Crippen LogP contribution in [-0.4, -0.2) is 68.5 Å². The fourth-order valence-corrected chi connectivity index (χ4v) is 4.44. The Hall–Kier alpha value is -3.37. The van der Waals surface area contributed by atoms with E-state index in [1.165, 1.54) is 0 Å². The molecule has 2 aromatic heterocycles. The highest BCUT2D eigenvalue weighted by atomic mass is 32.1. The smallest absolute Gasteiger partial charge is 0.227 e. The van der Waals surface area contributed by atoms with Crippen molar-refractivity contribution in [3.05, 3.63) is 48.7 Å². The van der Waals surface area contributed by atoms with Crippen LogP contribution in [0.15, 0.2) is 48.7 Å². The first-order valence-electron chi connectivity index (χ1n) is 11.4. The highest BCUT2D eigenvalue weighted by Crippen LogP contribution is 2.25. The quantitative estimate of drug-likeness (QED) is 0.460. The number of anilines is 3. The maximum Gasteiger partial charge on any atom is 0.227 e. The summed E-state index contributed by atoms with van der Waals surface area (Å²) in [5, 5.41) is 25.1. The number of pyridine rings is 1. The highest BCUT2D eigenvalue weighted by molar-refractivity contribution is 7.80. The molecule has 4 rings (SSSR count). The van der Waals surface area contributed by atoms with Crippen molar-refractivity contribution in [3.63, 3.8) is 0 Å². The number of nitrogens with zero attached hydrogens (tertiary/aromatic N) is 5. The van der Waals surface area contributed by atoms with Gasteiger partial charge in [0.05, 0.1) is 24.6 Å². The molecule has 1 atom stereocenters. The van der Waals surface area contributed by atoms with Gasteiger partial charge >= 0.3 is 0 Å². The average molecular weight is 480 g/mol. The molecule has 1 aromatic carbocycles. The molecule has 3 aromatic rings. The molecule has 0 spiro atoms. The normalized spacial score (nSPS) is 16.1. The number of amides is 1. The van der Waals surface area contributed by atoms with Gasteiger partial charge in [-0.3, -0.25) is 9.78 Å². The Morgan fingerprint density at radius 2 is 2.00 bits per heavy atom. The van der Waals surface area contributed by atoms with Crippen molar-refractivity contribution in [2.45, 2.75) is 26.3 Å². The molecular weight excluding hydrogens is 450 g/mol. The molecule has 1 aliphatic rings. The van der Waals surface area contributed by atoms with Gasteiger partial charge in [0.1, 0.15) is 0 Å². The molecule has 34 heavy (non-hydrogen) atoms. The van der Waals surface area contributed by atoms with Crippen LogP contribution in [0.5, 0.6) is 0 Å². The van der Waals surface area contributed by atoms with Crippen LogP contribution in [0.1, 0.15) is 20.3 Å². The zero-order valence-electron chi connectivity index (χ0n) is 19.3. The number of nitrogens with one attached hydrogen (secondary N) is 2. The molecule has 1 fully saturated rings. The van der Waals surface area contributed by atoms with Gasteiger partial charge < -0.3 is 25.5 Å². The topological polar surface area (TPSA) is 107 Å². The number of hydrogen-bond donors (Lipinski definition) is 3. The first-order chi connectivity index (χ1) is 16.5. The zero-order chi connectivity index (χ0) is 24.1. The zero-order valence-corrected chi connectivity index (χ0v) is 20.1. The number of aliphatic hydroxyl groups is 1. The number of piperazine rings is 1. The van der Waals surface area contributed by atoms with Crippen LogP contribution in [0.4, 0.5) is 17.3 Å². The van der Waals surface area contributed by atoms with Crippen LogP contribution in [0.3, 0.4) is 0 Å². The van der Waals surface area contributed by atoms with E-state index in [2.05, 4.69) is 49.5 Å². The standard InChI is InChI=1S/C24H29N7O2S/c1-16(2)20-15-30(22-9-8-21(28-29-22)27-23(33)10-14-32)12-13-31(20)24(34)26-19-7-3-6-18-17(19)5-4-11-25-18/h3-9,11,16,20,32H,10,12-15H2,1-2H3,(H,26,34)(H,27,28,33). The fourth-order valence-electron chi connectivity index (χ4n) is 4.11. The van der Waals surface area contributed by atoms with Crippen molar-refractivity contribution >= 4 is 51.5 Å². The van der Waals surface area contributed by atoms with Gasteiger partial charge in [0, 0.05) is 36.9 Å². The summed E-state index contributed by atoms with van der Waals surface area (Å²) in [6.45, 7) is 6.42. The Morgan fingerprint density at radius 3 is 2.74 bits per heavy atom. The summed E-state index contributed by atoms with van der Waals surface area (Å²) in [7, 11) is 0. The van der Waals surface area contributed by atoms with Crippen molar-refractivity contribution in [3.8, 4) is 0 Å². The molecule has 0 radical (unpaired) electrons. The lowest BCUT2D eigenvalue weighted by molar-refractivity contribution is -0.116. The van der Waals surface area contributed by atoms with E-state index in [4.69, 9.17) is 17.3 Å². The Balaban J connectivity index is 1.44. The fraction of sp³-hybridized carbons (Fsp3) is 0.375. The van der Waals surface area contributed by atoms with E-state index in [9.17, 15) is 4.79 Å². The summed E-state index contributed by atoms with van der Waals surface area (Å²) < 4.78 is 0. The van der Waals surface area contributed by atoms with Crippen LogP contribution >= 0.6 is 12.2 Å². The van der Waals surface area contributed by atoms with Crippen molar-refractivity contribution in [2.24, 2.45) is 5.92 Å². The second-order valence-corrected chi connectivity index (χ2v) is 8.94. The molecule has 1 aliphatic heterocycles.